The smallest absolute Gasteiger partial charge is 0.410 e. The van der Waals surface area contributed by atoms with Crippen molar-refractivity contribution in [2.75, 3.05) is 33.2 Å². The maximum Gasteiger partial charge on any atom is 0.410 e. The number of carbonyl (C=O) groups is 1. The second kappa shape index (κ2) is 6.76. The van der Waals surface area contributed by atoms with Gasteiger partial charge < -0.3 is 15.4 Å². The summed E-state index contributed by atoms with van der Waals surface area (Å²) in [6.07, 6.45) is 2.74. The van der Waals surface area contributed by atoms with E-state index in [9.17, 15) is 4.79 Å². The molecule has 0 spiro atoms. The molecule has 0 radical (unpaired) electrons. The lowest BCUT2D eigenvalue weighted by Crippen LogP contribution is -2.59. The maximum absolute atomic E-state index is 12.1. The summed E-state index contributed by atoms with van der Waals surface area (Å²) >= 11 is 0. The van der Waals surface area contributed by atoms with Gasteiger partial charge in [0, 0.05) is 25.2 Å². The van der Waals surface area contributed by atoms with E-state index in [2.05, 4.69) is 18.9 Å². The van der Waals surface area contributed by atoms with Crippen LogP contribution < -0.4 is 5.73 Å². The molecule has 0 aromatic carbocycles. The molecule has 1 aliphatic heterocycles. The minimum absolute atomic E-state index is 0.0362. The number of piperidine rings is 1. The van der Waals surface area contributed by atoms with E-state index in [0.29, 0.717) is 6.54 Å². The molecule has 1 amide bonds. The van der Waals surface area contributed by atoms with Crippen molar-refractivity contribution in [3.05, 3.63) is 0 Å². The molecule has 5 nitrogen and oxygen atoms in total. The van der Waals surface area contributed by atoms with Gasteiger partial charge in [-0.05, 0) is 53.6 Å². The van der Waals surface area contributed by atoms with Gasteiger partial charge in [0.25, 0.3) is 0 Å². The number of carbonyl (C=O) groups excluding carboxylic acids is 1. The third kappa shape index (κ3) is 4.35. The number of rotatable bonds is 4. The van der Waals surface area contributed by atoms with Crippen LogP contribution in [-0.4, -0.2) is 60.3 Å². The largest absolute Gasteiger partial charge is 0.444 e. The highest BCUT2D eigenvalue weighted by molar-refractivity contribution is 5.68. The molecule has 1 rings (SSSR count). The highest BCUT2D eigenvalue weighted by Crippen LogP contribution is 2.28. The fourth-order valence-corrected chi connectivity index (χ4v) is 2.75. The van der Waals surface area contributed by atoms with Crippen molar-refractivity contribution in [3.8, 4) is 0 Å². The molecule has 0 atom stereocenters. The van der Waals surface area contributed by atoms with Crippen molar-refractivity contribution < 1.29 is 9.53 Å². The number of amides is 1. The first kappa shape index (κ1) is 17.2. The Kier molecular flexibility index (Phi) is 5.83. The first-order valence-corrected chi connectivity index (χ1v) is 7.63. The summed E-state index contributed by atoms with van der Waals surface area (Å²) in [6.45, 7) is 11.0. The standard InChI is InChI=1S/C15H31N3O2/c1-6-9-17(5)15(12-16)7-10-18(11-8-15)13(19)20-14(2,3)4/h6-12,16H2,1-5H3. The Labute approximate surface area is 123 Å². The van der Waals surface area contributed by atoms with Crippen molar-refractivity contribution in [3.63, 3.8) is 0 Å². The van der Waals surface area contributed by atoms with Gasteiger partial charge in [0.1, 0.15) is 5.60 Å². The molecule has 1 heterocycles. The summed E-state index contributed by atoms with van der Waals surface area (Å²) in [5, 5.41) is 0. The number of likely N-dealkylation sites (N-methyl/N-ethyl adjacent to an activating group) is 1. The number of nitrogens with zero attached hydrogens (tertiary/aromatic N) is 2. The van der Waals surface area contributed by atoms with E-state index in [1.807, 2.05) is 20.8 Å². The van der Waals surface area contributed by atoms with Crippen molar-refractivity contribution in [2.45, 2.75) is 58.1 Å². The Hall–Kier alpha value is -0.810. The zero-order valence-electron chi connectivity index (χ0n) is 13.7. The molecule has 1 aliphatic rings. The topological polar surface area (TPSA) is 58.8 Å². The van der Waals surface area contributed by atoms with Crippen molar-refractivity contribution in [1.82, 2.24) is 9.80 Å². The average Bonchev–Trinajstić information content (AvgIpc) is 2.37. The number of hydrogen-bond donors (Lipinski definition) is 1. The van der Waals surface area contributed by atoms with E-state index in [1.165, 1.54) is 0 Å². The third-order valence-electron chi connectivity index (χ3n) is 4.09. The highest BCUT2D eigenvalue weighted by atomic mass is 16.6. The summed E-state index contributed by atoms with van der Waals surface area (Å²) in [5.74, 6) is 0. The van der Waals surface area contributed by atoms with Gasteiger partial charge in [0.15, 0.2) is 0 Å². The molecule has 0 aromatic heterocycles. The average molecular weight is 285 g/mol. The van der Waals surface area contributed by atoms with Gasteiger partial charge in [0.05, 0.1) is 0 Å². The van der Waals surface area contributed by atoms with Crippen LogP contribution in [0.4, 0.5) is 4.79 Å². The van der Waals surface area contributed by atoms with Gasteiger partial charge in [-0.15, -0.1) is 0 Å². The van der Waals surface area contributed by atoms with E-state index < -0.39 is 5.60 Å². The quantitative estimate of drug-likeness (QED) is 0.859. The van der Waals surface area contributed by atoms with Crippen LogP contribution in [0.15, 0.2) is 0 Å². The van der Waals surface area contributed by atoms with Gasteiger partial charge in [-0.3, -0.25) is 4.90 Å². The molecule has 0 aromatic rings. The summed E-state index contributed by atoms with van der Waals surface area (Å²) in [6, 6.07) is 0. The normalized spacial score (nSPS) is 19.2. The van der Waals surface area contributed by atoms with E-state index >= 15 is 0 Å². The van der Waals surface area contributed by atoms with Crippen LogP contribution in [0.5, 0.6) is 0 Å². The van der Waals surface area contributed by atoms with Crippen LogP contribution in [0.2, 0.25) is 0 Å². The summed E-state index contributed by atoms with van der Waals surface area (Å²) in [5.41, 5.74) is 5.62. The molecule has 1 fully saturated rings. The van der Waals surface area contributed by atoms with Gasteiger partial charge in [-0.25, -0.2) is 4.79 Å². The van der Waals surface area contributed by atoms with Crippen LogP contribution in [0.25, 0.3) is 0 Å². The van der Waals surface area contributed by atoms with Gasteiger partial charge in [-0.2, -0.15) is 0 Å². The summed E-state index contributed by atoms with van der Waals surface area (Å²) < 4.78 is 5.43. The third-order valence-corrected chi connectivity index (χ3v) is 4.09. The zero-order valence-corrected chi connectivity index (χ0v) is 13.7. The molecule has 0 aliphatic carbocycles. The SMILES string of the molecule is CCCN(C)C1(CN)CCN(C(=O)OC(C)(C)C)CC1. The summed E-state index contributed by atoms with van der Waals surface area (Å²) in [4.78, 5) is 16.2. The fourth-order valence-electron chi connectivity index (χ4n) is 2.75. The minimum atomic E-state index is -0.432. The Morgan fingerprint density at radius 1 is 1.35 bits per heavy atom. The fraction of sp³-hybridized carbons (Fsp3) is 0.933. The number of ether oxygens (including phenoxy) is 1. The highest BCUT2D eigenvalue weighted by Gasteiger charge is 2.38. The Morgan fingerprint density at radius 2 is 1.90 bits per heavy atom. The van der Waals surface area contributed by atoms with E-state index in [1.54, 1.807) is 4.90 Å². The van der Waals surface area contributed by atoms with Crippen LogP contribution in [0.1, 0.15) is 47.0 Å². The first-order chi connectivity index (χ1) is 9.24. The predicted octanol–water partition coefficient (Wildman–Crippen LogP) is 2.06. The molecule has 0 saturated carbocycles. The van der Waals surface area contributed by atoms with Crippen molar-refractivity contribution in [2.24, 2.45) is 5.73 Å². The van der Waals surface area contributed by atoms with Crippen molar-refractivity contribution >= 4 is 6.09 Å². The lowest BCUT2D eigenvalue weighted by Gasteiger charge is -2.47. The molecule has 0 bridgehead atoms. The van der Waals surface area contributed by atoms with Crippen molar-refractivity contribution in [1.29, 1.82) is 0 Å². The number of likely N-dealkylation sites (tertiary alicyclic amines) is 1. The monoisotopic (exact) mass is 285 g/mol. The lowest BCUT2D eigenvalue weighted by molar-refractivity contribution is 0.000929. The second-order valence-electron chi connectivity index (χ2n) is 6.82. The lowest BCUT2D eigenvalue weighted by atomic mass is 9.86. The van der Waals surface area contributed by atoms with Crippen LogP contribution >= 0.6 is 0 Å². The van der Waals surface area contributed by atoms with Gasteiger partial charge in [0.2, 0.25) is 0 Å². The Morgan fingerprint density at radius 3 is 2.30 bits per heavy atom. The Bertz CT molecular complexity index is 318. The molecule has 0 unspecified atom stereocenters. The predicted molar refractivity (Wildman–Crippen MR) is 81.7 cm³/mol. The first-order valence-electron chi connectivity index (χ1n) is 7.63. The maximum atomic E-state index is 12.1. The van der Waals surface area contributed by atoms with E-state index in [-0.39, 0.29) is 11.6 Å². The molecule has 1 saturated heterocycles. The molecule has 118 valence electrons. The number of nitrogens with two attached hydrogens (primary N) is 1. The summed E-state index contributed by atoms with van der Waals surface area (Å²) in [7, 11) is 2.14. The second-order valence-corrected chi connectivity index (χ2v) is 6.82. The van der Waals surface area contributed by atoms with E-state index in [4.69, 9.17) is 10.5 Å². The zero-order chi connectivity index (χ0) is 15.4. The number of hydrogen-bond acceptors (Lipinski definition) is 4. The van der Waals surface area contributed by atoms with E-state index in [0.717, 1.165) is 38.9 Å². The minimum Gasteiger partial charge on any atom is -0.444 e. The molecule has 2 N–H and O–H groups in total. The van der Waals surface area contributed by atoms with Crippen LogP contribution in [0, 0.1) is 0 Å². The molecular weight excluding hydrogens is 254 g/mol. The van der Waals surface area contributed by atoms with Crippen LogP contribution in [0.3, 0.4) is 0 Å². The molecule has 20 heavy (non-hydrogen) atoms. The Balaban J connectivity index is 2.59. The molecular formula is C15H31N3O2. The molecule has 5 heteroatoms. The van der Waals surface area contributed by atoms with Gasteiger partial charge >= 0.3 is 6.09 Å². The van der Waals surface area contributed by atoms with Gasteiger partial charge in [-0.1, -0.05) is 6.92 Å². The van der Waals surface area contributed by atoms with Crippen LogP contribution in [-0.2, 0) is 4.74 Å².